The highest BCUT2D eigenvalue weighted by Crippen LogP contribution is 2.19. The molecule has 2 heterocycles. The second kappa shape index (κ2) is 5.01. The largest absolute Gasteiger partial charge is 0.325 e. The fourth-order valence-corrected chi connectivity index (χ4v) is 2.40. The van der Waals surface area contributed by atoms with Crippen LogP contribution in [0.15, 0.2) is 30.6 Å². The van der Waals surface area contributed by atoms with Crippen molar-refractivity contribution < 1.29 is 0 Å². The summed E-state index contributed by atoms with van der Waals surface area (Å²) >= 11 is 5.99. The van der Waals surface area contributed by atoms with Crippen LogP contribution in [-0.2, 0) is 19.0 Å². The summed E-state index contributed by atoms with van der Waals surface area (Å²) in [4.78, 5) is 4.58. The number of hydrogen-bond acceptors (Lipinski definition) is 3. The molecule has 98 valence electrons. The molecule has 0 fully saturated rings. The number of rotatable bonds is 4. The predicted octanol–water partition coefficient (Wildman–Crippen LogP) is 2.38. The third-order valence-electron chi connectivity index (χ3n) is 3.13. The lowest BCUT2D eigenvalue weighted by Crippen LogP contribution is -2.10. The maximum absolute atomic E-state index is 5.99. The molecule has 0 saturated carbocycles. The van der Waals surface area contributed by atoms with Crippen molar-refractivity contribution in [3.63, 3.8) is 0 Å². The number of fused-ring (bicyclic) bond motifs is 1. The lowest BCUT2D eigenvalue weighted by molar-refractivity contribution is 0.519. The Kier molecular flexibility index (Phi) is 3.21. The van der Waals surface area contributed by atoms with Crippen LogP contribution >= 0.6 is 11.6 Å². The van der Waals surface area contributed by atoms with E-state index in [1.807, 2.05) is 6.20 Å². The van der Waals surface area contributed by atoms with E-state index in [1.165, 1.54) is 5.56 Å². The standard InChI is InChI=1S/C13H14ClN5/c1-10-2-3-12-11(8-10)16-13(9-14)19(12)7-6-18-5-4-15-17-18/h2-5,8H,6-7,9H2,1H3. The number of hydrogen-bond donors (Lipinski definition) is 0. The molecule has 0 aliphatic carbocycles. The zero-order valence-corrected chi connectivity index (χ0v) is 11.4. The van der Waals surface area contributed by atoms with Crippen molar-refractivity contribution in [2.24, 2.45) is 0 Å². The van der Waals surface area contributed by atoms with Crippen molar-refractivity contribution >= 4 is 22.6 Å². The summed E-state index contributed by atoms with van der Waals surface area (Å²) in [5.74, 6) is 1.30. The van der Waals surface area contributed by atoms with Crippen LogP contribution in [0.25, 0.3) is 11.0 Å². The van der Waals surface area contributed by atoms with Crippen molar-refractivity contribution in [3.8, 4) is 0 Å². The Balaban J connectivity index is 1.96. The van der Waals surface area contributed by atoms with Crippen molar-refractivity contribution in [1.29, 1.82) is 0 Å². The first-order chi connectivity index (χ1) is 9.28. The second-order valence-electron chi connectivity index (χ2n) is 4.47. The third-order valence-corrected chi connectivity index (χ3v) is 3.37. The molecule has 2 aromatic heterocycles. The first kappa shape index (κ1) is 12.2. The van der Waals surface area contributed by atoms with Crippen LogP contribution in [0.1, 0.15) is 11.4 Å². The molecule has 0 aliphatic rings. The number of imidazole rings is 1. The normalized spacial score (nSPS) is 11.3. The molecule has 6 heteroatoms. The summed E-state index contributed by atoms with van der Waals surface area (Å²) in [6, 6.07) is 6.26. The van der Waals surface area contributed by atoms with Crippen LogP contribution in [0.3, 0.4) is 0 Å². The van der Waals surface area contributed by atoms with Gasteiger partial charge in [0.15, 0.2) is 0 Å². The van der Waals surface area contributed by atoms with E-state index in [9.17, 15) is 0 Å². The first-order valence-corrected chi connectivity index (χ1v) is 6.67. The van der Waals surface area contributed by atoms with Gasteiger partial charge in [0, 0.05) is 12.7 Å². The van der Waals surface area contributed by atoms with E-state index < -0.39 is 0 Å². The molecular formula is C13H14ClN5. The van der Waals surface area contributed by atoms with E-state index in [-0.39, 0.29) is 0 Å². The number of aryl methyl sites for hydroxylation is 3. The van der Waals surface area contributed by atoms with E-state index in [4.69, 9.17) is 11.6 Å². The van der Waals surface area contributed by atoms with E-state index in [2.05, 4.69) is 45.0 Å². The molecule has 0 spiro atoms. The summed E-state index contributed by atoms with van der Waals surface area (Å²) in [6.07, 6.45) is 3.53. The minimum absolute atomic E-state index is 0.408. The zero-order chi connectivity index (χ0) is 13.2. The Morgan fingerprint density at radius 3 is 2.89 bits per heavy atom. The van der Waals surface area contributed by atoms with Crippen molar-refractivity contribution in [2.75, 3.05) is 0 Å². The van der Waals surface area contributed by atoms with Gasteiger partial charge >= 0.3 is 0 Å². The van der Waals surface area contributed by atoms with Gasteiger partial charge < -0.3 is 4.57 Å². The highest BCUT2D eigenvalue weighted by atomic mass is 35.5. The molecule has 1 aromatic carbocycles. The third kappa shape index (κ3) is 2.33. The molecule has 3 aromatic rings. The van der Waals surface area contributed by atoms with Gasteiger partial charge in [-0.2, -0.15) is 0 Å². The summed E-state index contributed by atoms with van der Waals surface area (Å²) in [7, 11) is 0. The molecule has 3 rings (SSSR count). The van der Waals surface area contributed by atoms with Crippen LogP contribution in [0, 0.1) is 6.92 Å². The van der Waals surface area contributed by atoms with Crippen molar-refractivity contribution in [2.45, 2.75) is 25.9 Å². The maximum atomic E-state index is 5.99. The highest BCUT2D eigenvalue weighted by molar-refractivity contribution is 6.16. The molecule has 0 saturated heterocycles. The first-order valence-electron chi connectivity index (χ1n) is 6.14. The molecule has 0 atom stereocenters. The predicted molar refractivity (Wildman–Crippen MR) is 74.0 cm³/mol. The van der Waals surface area contributed by atoms with Gasteiger partial charge in [-0.25, -0.2) is 4.98 Å². The van der Waals surface area contributed by atoms with Crippen LogP contribution in [0.2, 0.25) is 0 Å². The SMILES string of the molecule is Cc1ccc2c(c1)nc(CCl)n2CCn1ccnn1. The van der Waals surface area contributed by atoms with Gasteiger partial charge in [-0.1, -0.05) is 11.3 Å². The number of alkyl halides is 1. The van der Waals surface area contributed by atoms with Crippen LogP contribution in [0.4, 0.5) is 0 Å². The molecule has 0 aliphatic heterocycles. The monoisotopic (exact) mass is 275 g/mol. The highest BCUT2D eigenvalue weighted by Gasteiger charge is 2.10. The summed E-state index contributed by atoms with van der Waals surface area (Å²) < 4.78 is 3.95. The number of aromatic nitrogens is 5. The molecule has 0 unspecified atom stereocenters. The van der Waals surface area contributed by atoms with Crippen LogP contribution in [-0.4, -0.2) is 24.5 Å². The fourth-order valence-electron chi connectivity index (χ4n) is 2.20. The van der Waals surface area contributed by atoms with E-state index in [0.717, 1.165) is 29.9 Å². The Bertz CT molecular complexity index is 686. The molecule has 5 nitrogen and oxygen atoms in total. The van der Waals surface area contributed by atoms with Gasteiger partial charge in [-0.3, -0.25) is 4.68 Å². The minimum Gasteiger partial charge on any atom is -0.325 e. The summed E-state index contributed by atoms with van der Waals surface area (Å²) in [5, 5.41) is 7.77. The maximum Gasteiger partial charge on any atom is 0.124 e. The Morgan fingerprint density at radius 1 is 1.26 bits per heavy atom. The van der Waals surface area contributed by atoms with Crippen LogP contribution < -0.4 is 0 Å². The molecule has 0 amide bonds. The van der Waals surface area contributed by atoms with E-state index in [1.54, 1.807) is 10.9 Å². The lowest BCUT2D eigenvalue weighted by Gasteiger charge is -2.07. The zero-order valence-electron chi connectivity index (χ0n) is 10.6. The van der Waals surface area contributed by atoms with E-state index >= 15 is 0 Å². The van der Waals surface area contributed by atoms with E-state index in [0.29, 0.717) is 5.88 Å². The quantitative estimate of drug-likeness (QED) is 0.687. The topological polar surface area (TPSA) is 48.5 Å². The van der Waals surface area contributed by atoms with Crippen molar-refractivity contribution in [1.82, 2.24) is 24.5 Å². The fraction of sp³-hybridized carbons (Fsp3) is 0.308. The Morgan fingerprint density at radius 2 is 2.16 bits per heavy atom. The smallest absolute Gasteiger partial charge is 0.124 e. The summed E-state index contributed by atoms with van der Waals surface area (Å²) in [6.45, 7) is 3.60. The molecule has 0 bridgehead atoms. The minimum atomic E-state index is 0.408. The van der Waals surface area contributed by atoms with Gasteiger partial charge in [0.1, 0.15) is 5.82 Å². The lowest BCUT2D eigenvalue weighted by atomic mass is 10.2. The van der Waals surface area contributed by atoms with Gasteiger partial charge in [0.2, 0.25) is 0 Å². The van der Waals surface area contributed by atoms with Crippen molar-refractivity contribution in [3.05, 3.63) is 42.0 Å². The molecular weight excluding hydrogens is 262 g/mol. The average molecular weight is 276 g/mol. The number of halogens is 1. The average Bonchev–Trinajstić information content (AvgIpc) is 3.02. The van der Waals surface area contributed by atoms with Gasteiger partial charge in [0.05, 0.1) is 29.7 Å². The van der Waals surface area contributed by atoms with Crippen LogP contribution in [0.5, 0.6) is 0 Å². The van der Waals surface area contributed by atoms with Gasteiger partial charge in [-0.15, -0.1) is 16.7 Å². The number of benzene rings is 1. The van der Waals surface area contributed by atoms with Gasteiger partial charge in [0.25, 0.3) is 0 Å². The Hall–Kier alpha value is -1.88. The molecule has 0 N–H and O–H groups in total. The molecule has 19 heavy (non-hydrogen) atoms. The molecule has 0 radical (unpaired) electrons. The number of nitrogens with zero attached hydrogens (tertiary/aromatic N) is 5. The summed E-state index contributed by atoms with van der Waals surface area (Å²) in [5.41, 5.74) is 3.31. The van der Waals surface area contributed by atoms with Gasteiger partial charge in [-0.05, 0) is 24.6 Å². The second-order valence-corrected chi connectivity index (χ2v) is 4.74. The Labute approximate surface area is 115 Å².